The van der Waals surface area contributed by atoms with Crippen molar-refractivity contribution >= 4 is 5.91 Å². The molecule has 2 fully saturated rings. The van der Waals surface area contributed by atoms with Crippen LogP contribution < -0.4 is 5.32 Å². The van der Waals surface area contributed by atoms with Crippen LogP contribution in [0.1, 0.15) is 45.4 Å². The van der Waals surface area contributed by atoms with E-state index in [0.717, 1.165) is 19.0 Å². The molecule has 92 valence electrons. The van der Waals surface area contributed by atoms with Crippen molar-refractivity contribution in [3.8, 4) is 0 Å². The Balaban J connectivity index is 1.66. The second kappa shape index (κ2) is 5.67. The number of amides is 1. The van der Waals surface area contributed by atoms with Gasteiger partial charge in [0.25, 0.3) is 0 Å². The Morgan fingerprint density at radius 2 is 1.81 bits per heavy atom. The summed E-state index contributed by atoms with van der Waals surface area (Å²) >= 11 is 0. The van der Waals surface area contributed by atoms with Crippen molar-refractivity contribution in [1.29, 1.82) is 0 Å². The first-order valence-electron chi connectivity index (χ1n) is 6.77. The minimum absolute atomic E-state index is 0.307. The molecular formula is C13H24N2O. The van der Waals surface area contributed by atoms with Gasteiger partial charge < -0.3 is 10.2 Å². The molecule has 0 aromatic rings. The third kappa shape index (κ3) is 3.21. The van der Waals surface area contributed by atoms with Crippen LogP contribution in [0, 0.1) is 5.92 Å². The Morgan fingerprint density at radius 3 is 2.38 bits per heavy atom. The topological polar surface area (TPSA) is 32.3 Å². The molecular weight excluding hydrogens is 200 g/mol. The van der Waals surface area contributed by atoms with E-state index in [-0.39, 0.29) is 0 Å². The van der Waals surface area contributed by atoms with Gasteiger partial charge in [0.15, 0.2) is 0 Å². The molecule has 1 heterocycles. The smallest absolute Gasteiger partial charge is 0.236 e. The van der Waals surface area contributed by atoms with Crippen molar-refractivity contribution in [3.05, 3.63) is 0 Å². The summed E-state index contributed by atoms with van der Waals surface area (Å²) in [6.07, 6.45) is 7.44. The van der Waals surface area contributed by atoms with Crippen LogP contribution in [0.25, 0.3) is 0 Å². The average molecular weight is 224 g/mol. The number of hydrogen-bond acceptors (Lipinski definition) is 2. The number of carbonyl (C=O) groups is 1. The highest BCUT2D eigenvalue weighted by molar-refractivity contribution is 5.78. The third-order valence-electron chi connectivity index (χ3n) is 3.87. The second-order valence-electron chi connectivity index (χ2n) is 5.45. The van der Waals surface area contributed by atoms with Crippen molar-refractivity contribution in [2.24, 2.45) is 5.92 Å². The standard InChI is InChI=1S/C13H24N2O/c1-11-8-12(9-11)14-10-13(16)15-6-4-2-3-5-7-15/h11-12,14H,2-10H2,1H3. The van der Waals surface area contributed by atoms with Crippen LogP contribution in [0.3, 0.4) is 0 Å². The largest absolute Gasteiger partial charge is 0.342 e. The van der Waals surface area contributed by atoms with Crippen LogP contribution in [0.5, 0.6) is 0 Å². The summed E-state index contributed by atoms with van der Waals surface area (Å²) in [4.78, 5) is 14.0. The number of likely N-dealkylation sites (tertiary alicyclic amines) is 1. The molecule has 1 saturated heterocycles. The van der Waals surface area contributed by atoms with Crippen LogP contribution >= 0.6 is 0 Å². The summed E-state index contributed by atoms with van der Waals surface area (Å²) in [6.45, 7) is 4.77. The van der Waals surface area contributed by atoms with Gasteiger partial charge in [-0.15, -0.1) is 0 Å². The minimum atomic E-state index is 0.307. The van der Waals surface area contributed by atoms with Crippen molar-refractivity contribution < 1.29 is 4.79 Å². The van der Waals surface area contributed by atoms with E-state index in [1.807, 2.05) is 4.90 Å². The number of nitrogens with zero attached hydrogens (tertiary/aromatic N) is 1. The zero-order chi connectivity index (χ0) is 11.4. The number of carbonyl (C=O) groups excluding carboxylic acids is 1. The Hall–Kier alpha value is -0.570. The van der Waals surface area contributed by atoms with Gasteiger partial charge in [0, 0.05) is 19.1 Å². The Labute approximate surface area is 98.6 Å². The van der Waals surface area contributed by atoms with Gasteiger partial charge >= 0.3 is 0 Å². The van der Waals surface area contributed by atoms with Gasteiger partial charge in [0.2, 0.25) is 5.91 Å². The lowest BCUT2D eigenvalue weighted by atomic mass is 9.82. The first-order valence-corrected chi connectivity index (χ1v) is 6.77. The number of hydrogen-bond donors (Lipinski definition) is 1. The second-order valence-corrected chi connectivity index (χ2v) is 5.45. The van der Waals surface area contributed by atoms with Gasteiger partial charge in [0.05, 0.1) is 6.54 Å². The summed E-state index contributed by atoms with van der Waals surface area (Å²) in [5.41, 5.74) is 0. The molecule has 1 aliphatic heterocycles. The fourth-order valence-corrected chi connectivity index (χ4v) is 2.73. The number of rotatable bonds is 3. The van der Waals surface area contributed by atoms with E-state index in [2.05, 4.69) is 12.2 Å². The molecule has 0 unspecified atom stereocenters. The van der Waals surface area contributed by atoms with Crippen molar-refractivity contribution in [1.82, 2.24) is 10.2 Å². The lowest BCUT2D eigenvalue weighted by Crippen LogP contribution is -2.46. The van der Waals surface area contributed by atoms with Crippen molar-refractivity contribution in [3.63, 3.8) is 0 Å². The molecule has 1 saturated carbocycles. The van der Waals surface area contributed by atoms with E-state index >= 15 is 0 Å². The Kier molecular flexibility index (Phi) is 4.22. The summed E-state index contributed by atoms with van der Waals surface area (Å²) in [5, 5.41) is 3.38. The minimum Gasteiger partial charge on any atom is -0.342 e. The van der Waals surface area contributed by atoms with E-state index in [9.17, 15) is 4.79 Å². The van der Waals surface area contributed by atoms with Crippen LogP contribution in [0.4, 0.5) is 0 Å². The molecule has 0 aromatic carbocycles. The SMILES string of the molecule is CC1CC(NCC(=O)N2CCCCCC2)C1. The maximum absolute atomic E-state index is 11.9. The zero-order valence-corrected chi connectivity index (χ0v) is 10.4. The fourth-order valence-electron chi connectivity index (χ4n) is 2.73. The van der Waals surface area contributed by atoms with Gasteiger partial charge in [-0.1, -0.05) is 19.8 Å². The van der Waals surface area contributed by atoms with Gasteiger partial charge in [-0.2, -0.15) is 0 Å². The molecule has 2 aliphatic rings. The van der Waals surface area contributed by atoms with Gasteiger partial charge in [-0.25, -0.2) is 0 Å². The molecule has 1 amide bonds. The molecule has 0 bridgehead atoms. The van der Waals surface area contributed by atoms with Crippen LogP contribution in [0.2, 0.25) is 0 Å². The Morgan fingerprint density at radius 1 is 1.19 bits per heavy atom. The molecule has 0 aromatic heterocycles. The normalized spacial score (nSPS) is 30.7. The fraction of sp³-hybridized carbons (Fsp3) is 0.923. The lowest BCUT2D eigenvalue weighted by Gasteiger charge is -2.34. The van der Waals surface area contributed by atoms with Gasteiger partial charge in [-0.05, 0) is 31.6 Å². The van der Waals surface area contributed by atoms with E-state index in [1.165, 1.54) is 38.5 Å². The summed E-state index contributed by atoms with van der Waals surface area (Å²) in [5.74, 6) is 1.16. The first kappa shape index (κ1) is 11.9. The van der Waals surface area contributed by atoms with Crippen LogP contribution in [-0.2, 0) is 4.79 Å². The number of nitrogens with one attached hydrogen (secondary N) is 1. The summed E-state index contributed by atoms with van der Waals surface area (Å²) in [7, 11) is 0. The lowest BCUT2D eigenvalue weighted by molar-refractivity contribution is -0.130. The van der Waals surface area contributed by atoms with Crippen molar-refractivity contribution in [2.75, 3.05) is 19.6 Å². The molecule has 0 spiro atoms. The average Bonchev–Trinajstić information content (AvgIpc) is 2.50. The third-order valence-corrected chi connectivity index (χ3v) is 3.87. The summed E-state index contributed by atoms with van der Waals surface area (Å²) in [6, 6.07) is 0.603. The Bertz CT molecular complexity index is 228. The zero-order valence-electron chi connectivity index (χ0n) is 10.4. The highest BCUT2D eigenvalue weighted by Crippen LogP contribution is 2.25. The van der Waals surface area contributed by atoms with Crippen LogP contribution in [0.15, 0.2) is 0 Å². The molecule has 16 heavy (non-hydrogen) atoms. The molecule has 0 radical (unpaired) electrons. The van der Waals surface area contributed by atoms with E-state index in [0.29, 0.717) is 18.5 Å². The molecule has 3 nitrogen and oxygen atoms in total. The molecule has 1 aliphatic carbocycles. The van der Waals surface area contributed by atoms with E-state index < -0.39 is 0 Å². The highest BCUT2D eigenvalue weighted by Gasteiger charge is 2.25. The van der Waals surface area contributed by atoms with E-state index in [1.54, 1.807) is 0 Å². The highest BCUT2D eigenvalue weighted by atomic mass is 16.2. The molecule has 1 N–H and O–H groups in total. The maximum Gasteiger partial charge on any atom is 0.236 e. The monoisotopic (exact) mass is 224 g/mol. The first-order chi connectivity index (χ1) is 7.75. The van der Waals surface area contributed by atoms with E-state index in [4.69, 9.17) is 0 Å². The van der Waals surface area contributed by atoms with Crippen LogP contribution in [-0.4, -0.2) is 36.5 Å². The molecule has 3 heteroatoms. The predicted octanol–water partition coefficient (Wildman–Crippen LogP) is 1.78. The quantitative estimate of drug-likeness (QED) is 0.792. The molecule has 2 rings (SSSR count). The van der Waals surface area contributed by atoms with Gasteiger partial charge in [-0.3, -0.25) is 4.79 Å². The summed E-state index contributed by atoms with van der Waals surface area (Å²) < 4.78 is 0. The molecule has 0 atom stereocenters. The van der Waals surface area contributed by atoms with Gasteiger partial charge in [0.1, 0.15) is 0 Å². The van der Waals surface area contributed by atoms with Crippen molar-refractivity contribution in [2.45, 2.75) is 51.5 Å². The maximum atomic E-state index is 11.9. The predicted molar refractivity (Wildman–Crippen MR) is 65.2 cm³/mol.